The fourth-order valence-corrected chi connectivity index (χ4v) is 3.59. The maximum Gasteiger partial charge on any atom is 0.237 e. The van der Waals surface area contributed by atoms with Crippen LogP contribution in [0.2, 0.25) is 0 Å². The lowest BCUT2D eigenvalue weighted by Crippen LogP contribution is -2.56. The number of aromatic nitrogens is 1. The molecule has 0 spiro atoms. The fourth-order valence-electron chi connectivity index (χ4n) is 3.59. The molecule has 3 atom stereocenters. The number of amides is 1. The topological polar surface area (TPSA) is 57.7 Å². The van der Waals surface area contributed by atoms with Crippen LogP contribution in [-0.2, 0) is 16.1 Å². The molecule has 2 heterocycles. The molecule has 6 nitrogen and oxygen atoms in total. The van der Waals surface area contributed by atoms with Gasteiger partial charge in [0, 0.05) is 45.5 Å². The first-order valence-corrected chi connectivity index (χ1v) is 9.08. The lowest BCUT2D eigenvalue weighted by Gasteiger charge is -2.41. The minimum absolute atomic E-state index is 0.0739. The van der Waals surface area contributed by atoms with Crippen LogP contribution >= 0.6 is 0 Å². The second-order valence-corrected chi connectivity index (χ2v) is 7.50. The molecule has 1 amide bonds. The third-order valence-corrected chi connectivity index (χ3v) is 4.49. The van der Waals surface area contributed by atoms with Gasteiger partial charge in [0.1, 0.15) is 5.82 Å². The van der Waals surface area contributed by atoms with Gasteiger partial charge >= 0.3 is 0 Å². The lowest BCUT2D eigenvalue weighted by molar-refractivity contribution is -0.135. The molecule has 1 aliphatic heterocycles. The van der Waals surface area contributed by atoms with Crippen LogP contribution in [-0.4, -0.2) is 61.2 Å². The first-order chi connectivity index (χ1) is 11.8. The Labute approximate surface area is 151 Å². The molecule has 0 bridgehead atoms. The monoisotopic (exact) mass is 348 g/mol. The van der Waals surface area contributed by atoms with Crippen LogP contribution < -0.4 is 10.2 Å². The number of carbonyl (C=O) groups is 1. The highest BCUT2D eigenvalue weighted by Crippen LogP contribution is 2.19. The summed E-state index contributed by atoms with van der Waals surface area (Å²) in [4.78, 5) is 21.5. The van der Waals surface area contributed by atoms with Gasteiger partial charge in [0.05, 0.1) is 18.2 Å². The summed E-state index contributed by atoms with van der Waals surface area (Å²) >= 11 is 0. The number of hydrogen-bond acceptors (Lipinski definition) is 5. The lowest BCUT2D eigenvalue weighted by atomic mass is 9.99. The molecule has 1 N–H and O–H groups in total. The van der Waals surface area contributed by atoms with E-state index >= 15 is 0 Å². The summed E-state index contributed by atoms with van der Waals surface area (Å²) in [7, 11) is 3.92. The summed E-state index contributed by atoms with van der Waals surface area (Å²) < 4.78 is 5.81. The summed E-state index contributed by atoms with van der Waals surface area (Å²) in [6.07, 6.45) is 2.07. The second kappa shape index (κ2) is 8.63. The average molecular weight is 348 g/mol. The molecule has 1 aliphatic rings. The average Bonchev–Trinajstić information content (AvgIpc) is 2.52. The molecule has 0 aromatic carbocycles. The molecule has 140 valence electrons. The summed E-state index contributed by atoms with van der Waals surface area (Å²) in [6, 6.07) is 3.76. The van der Waals surface area contributed by atoms with Crippen molar-refractivity contribution in [3.63, 3.8) is 0 Å². The third-order valence-electron chi connectivity index (χ3n) is 4.49. The van der Waals surface area contributed by atoms with E-state index in [1.54, 1.807) is 6.20 Å². The van der Waals surface area contributed by atoms with Crippen LogP contribution in [0.25, 0.3) is 0 Å². The summed E-state index contributed by atoms with van der Waals surface area (Å²) in [6.45, 7) is 10.4. The Bertz CT molecular complexity index is 566. The Kier molecular flexibility index (Phi) is 6.79. The van der Waals surface area contributed by atoms with E-state index in [0.29, 0.717) is 6.54 Å². The zero-order chi connectivity index (χ0) is 18.6. The Morgan fingerprint density at radius 1 is 1.36 bits per heavy atom. The van der Waals surface area contributed by atoms with Gasteiger partial charge in [0.15, 0.2) is 0 Å². The number of nitrogens with zero attached hydrogens (tertiary/aromatic N) is 3. The first-order valence-electron chi connectivity index (χ1n) is 9.08. The van der Waals surface area contributed by atoms with Crippen molar-refractivity contribution in [2.45, 2.75) is 52.5 Å². The van der Waals surface area contributed by atoms with E-state index in [-0.39, 0.29) is 30.1 Å². The standard InChI is InChI=1S/C19H32N4O2/c1-13(2)17(23-11-14(3)25-15(4)12-23)19(24)21-10-16-8-7-9-20-18(16)22(5)6/h7-9,13-15,17H,10-12H2,1-6H3,(H,21,24). The largest absolute Gasteiger partial charge is 0.373 e. The predicted octanol–water partition coefficient (Wildman–Crippen LogP) is 1.90. The first kappa shape index (κ1) is 19.7. The molecule has 6 heteroatoms. The number of pyridine rings is 1. The van der Waals surface area contributed by atoms with Crippen LogP contribution in [0.1, 0.15) is 33.3 Å². The van der Waals surface area contributed by atoms with E-state index in [4.69, 9.17) is 4.74 Å². The summed E-state index contributed by atoms with van der Waals surface area (Å²) in [5.74, 6) is 1.20. The van der Waals surface area contributed by atoms with Gasteiger partial charge in [-0.2, -0.15) is 0 Å². The van der Waals surface area contributed by atoms with Crippen molar-refractivity contribution in [1.82, 2.24) is 15.2 Å². The smallest absolute Gasteiger partial charge is 0.237 e. The van der Waals surface area contributed by atoms with Gasteiger partial charge in [-0.1, -0.05) is 19.9 Å². The third kappa shape index (κ3) is 5.16. The highest BCUT2D eigenvalue weighted by molar-refractivity contribution is 5.82. The van der Waals surface area contributed by atoms with Gasteiger partial charge in [0.2, 0.25) is 5.91 Å². The molecule has 2 rings (SSSR count). The molecule has 1 aromatic rings. The zero-order valence-electron chi connectivity index (χ0n) is 16.3. The highest BCUT2D eigenvalue weighted by atomic mass is 16.5. The Hall–Kier alpha value is -1.66. The van der Waals surface area contributed by atoms with Crippen molar-refractivity contribution < 1.29 is 9.53 Å². The summed E-state index contributed by atoms with van der Waals surface area (Å²) in [5.41, 5.74) is 1.02. The van der Waals surface area contributed by atoms with Gasteiger partial charge in [-0.05, 0) is 25.8 Å². The van der Waals surface area contributed by atoms with Crippen LogP contribution in [0.4, 0.5) is 5.82 Å². The maximum absolute atomic E-state index is 12.9. The van der Waals surface area contributed by atoms with Crippen molar-refractivity contribution in [1.29, 1.82) is 0 Å². The Morgan fingerprint density at radius 2 is 2.00 bits per heavy atom. The van der Waals surface area contributed by atoms with Crippen LogP contribution in [0.3, 0.4) is 0 Å². The number of anilines is 1. The molecule has 0 radical (unpaired) electrons. The second-order valence-electron chi connectivity index (χ2n) is 7.50. The predicted molar refractivity (Wildman–Crippen MR) is 101 cm³/mol. The van der Waals surface area contributed by atoms with E-state index in [9.17, 15) is 4.79 Å². The molecule has 0 saturated carbocycles. The van der Waals surface area contributed by atoms with Crippen molar-refractivity contribution in [3.05, 3.63) is 23.9 Å². The van der Waals surface area contributed by atoms with E-state index < -0.39 is 0 Å². The molecular weight excluding hydrogens is 316 g/mol. The Morgan fingerprint density at radius 3 is 2.56 bits per heavy atom. The van der Waals surface area contributed by atoms with Gasteiger partial charge < -0.3 is 15.0 Å². The number of hydrogen-bond donors (Lipinski definition) is 1. The maximum atomic E-state index is 12.9. The van der Waals surface area contributed by atoms with Crippen molar-refractivity contribution >= 4 is 11.7 Å². The molecule has 1 fully saturated rings. The number of carbonyl (C=O) groups excluding carboxylic acids is 1. The van der Waals surface area contributed by atoms with Gasteiger partial charge in [0.25, 0.3) is 0 Å². The van der Waals surface area contributed by atoms with Crippen molar-refractivity contribution in [2.24, 2.45) is 5.92 Å². The molecule has 0 aliphatic carbocycles. The molecule has 25 heavy (non-hydrogen) atoms. The minimum Gasteiger partial charge on any atom is -0.373 e. The van der Waals surface area contributed by atoms with Crippen molar-refractivity contribution in [3.8, 4) is 0 Å². The SMILES string of the molecule is CC1CN(C(C(=O)NCc2cccnc2N(C)C)C(C)C)CC(C)O1. The zero-order valence-corrected chi connectivity index (χ0v) is 16.3. The molecular formula is C19H32N4O2. The molecule has 1 aromatic heterocycles. The normalized spacial score (nSPS) is 22.7. The van der Waals surface area contributed by atoms with Crippen LogP contribution in [0.5, 0.6) is 0 Å². The van der Waals surface area contributed by atoms with Crippen LogP contribution in [0.15, 0.2) is 18.3 Å². The number of morpholine rings is 1. The van der Waals surface area contributed by atoms with E-state index in [1.807, 2.05) is 31.1 Å². The number of nitrogens with one attached hydrogen (secondary N) is 1. The van der Waals surface area contributed by atoms with Crippen molar-refractivity contribution in [2.75, 3.05) is 32.1 Å². The van der Waals surface area contributed by atoms with E-state index in [0.717, 1.165) is 24.5 Å². The number of rotatable bonds is 6. The molecule has 1 saturated heterocycles. The van der Waals surface area contributed by atoms with Gasteiger partial charge in [-0.3, -0.25) is 9.69 Å². The van der Waals surface area contributed by atoms with E-state index in [1.165, 1.54) is 0 Å². The fraction of sp³-hybridized carbons (Fsp3) is 0.684. The number of ether oxygens (including phenoxy) is 1. The quantitative estimate of drug-likeness (QED) is 0.851. The van der Waals surface area contributed by atoms with Gasteiger partial charge in [-0.15, -0.1) is 0 Å². The molecule has 3 unspecified atom stereocenters. The Balaban J connectivity index is 2.06. The summed E-state index contributed by atoms with van der Waals surface area (Å²) in [5, 5.41) is 3.11. The highest BCUT2D eigenvalue weighted by Gasteiger charge is 2.34. The minimum atomic E-state index is -0.145. The van der Waals surface area contributed by atoms with Crippen LogP contribution in [0, 0.1) is 5.92 Å². The van der Waals surface area contributed by atoms with E-state index in [2.05, 4.69) is 42.9 Å². The van der Waals surface area contributed by atoms with Gasteiger partial charge in [-0.25, -0.2) is 4.98 Å².